The Morgan fingerprint density at radius 2 is 1.68 bits per heavy atom. The summed E-state index contributed by atoms with van der Waals surface area (Å²) in [6.45, 7) is 6.42. The lowest BCUT2D eigenvalue weighted by Gasteiger charge is -2.32. The quantitative estimate of drug-likeness (QED) is 0.433. The van der Waals surface area contributed by atoms with E-state index in [0.717, 1.165) is 42.4 Å². The van der Waals surface area contributed by atoms with Crippen LogP contribution < -0.4 is 9.62 Å². The summed E-state index contributed by atoms with van der Waals surface area (Å²) in [5, 5.41) is 3.17. The molecular weight excluding hydrogens is 486 g/mol. The molecule has 2 amide bonds. The van der Waals surface area contributed by atoms with Crippen molar-refractivity contribution in [3.63, 3.8) is 0 Å². The average molecular weight is 528 g/mol. The van der Waals surface area contributed by atoms with Crippen molar-refractivity contribution in [1.29, 1.82) is 0 Å². The second-order valence-corrected chi connectivity index (χ2v) is 12.0. The first kappa shape index (κ1) is 28.7. The Labute approximate surface area is 222 Å². The SMILES string of the molecule is CC[C@@H](C(=O)NC1CCCC1)N(Cc1ccccc1C)C(=O)CCCN(c1ccc(C)cc1)S(C)(=O)=O. The van der Waals surface area contributed by atoms with Gasteiger partial charge in [0, 0.05) is 25.6 Å². The van der Waals surface area contributed by atoms with E-state index in [4.69, 9.17) is 0 Å². The van der Waals surface area contributed by atoms with Gasteiger partial charge in [-0.05, 0) is 62.8 Å². The fourth-order valence-electron chi connectivity index (χ4n) is 4.97. The number of amides is 2. The zero-order chi connectivity index (χ0) is 27.0. The molecular formula is C29H41N3O4S. The van der Waals surface area contributed by atoms with Crippen LogP contribution in [0, 0.1) is 13.8 Å². The minimum Gasteiger partial charge on any atom is -0.352 e. The van der Waals surface area contributed by atoms with Crippen molar-refractivity contribution in [3.8, 4) is 0 Å². The lowest BCUT2D eigenvalue weighted by molar-refractivity contribution is -0.141. The Balaban J connectivity index is 1.76. The normalized spacial score (nSPS) is 14.8. The maximum atomic E-state index is 13.6. The number of rotatable bonds is 12. The smallest absolute Gasteiger partial charge is 0.243 e. The molecule has 0 aromatic heterocycles. The molecule has 202 valence electrons. The van der Waals surface area contributed by atoms with E-state index in [-0.39, 0.29) is 30.8 Å². The van der Waals surface area contributed by atoms with Crippen LogP contribution in [0.1, 0.15) is 68.6 Å². The average Bonchev–Trinajstić information content (AvgIpc) is 3.36. The van der Waals surface area contributed by atoms with E-state index >= 15 is 0 Å². The highest BCUT2D eigenvalue weighted by Crippen LogP contribution is 2.22. The van der Waals surface area contributed by atoms with Gasteiger partial charge in [-0.25, -0.2) is 8.42 Å². The van der Waals surface area contributed by atoms with Crippen molar-refractivity contribution < 1.29 is 18.0 Å². The molecule has 1 N–H and O–H groups in total. The summed E-state index contributed by atoms with van der Waals surface area (Å²) in [5.74, 6) is -0.247. The molecule has 0 bridgehead atoms. The Morgan fingerprint density at radius 3 is 2.27 bits per heavy atom. The molecule has 7 nitrogen and oxygen atoms in total. The Hall–Kier alpha value is -2.87. The van der Waals surface area contributed by atoms with Gasteiger partial charge in [0.1, 0.15) is 6.04 Å². The monoisotopic (exact) mass is 527 g/mol. The highest BCUT2D eigenvalue weighted by molar-refractivity contribution is 7.92. The number of aryl methyl sites for hydroxylation is 2. The Morgan fingerprint density at radius 1 is 1.03 bits per heavy atom. The first-order chi connectivity index (χ1) is 17.6. The predicted octanol–water partition coefficient (Wildman–Crippen LogP) is 4.72. The second kappa shape index (κ2) is 13.1. The number of benzene rings is 2. The third-order valence-corrected chi connectivity index (χ3v) is 8.36. The van der Waals surface area contributed by atoms with E-state index in [1.165, 1.54) is 10.6 Å². The van der Waals surface area contributed by atoms with Gasteiger partial charge in [-0.3, -0.25) is 13.9 Å². The van der Waals surface area contributed by atoms with Gasteiger partial charge in [-0.2, -0.15) is 0 Å². The van der Waals surface area contributed by atoms with E-state index < -0.39 is 16.1 Å². The molecule has 0 radical (unpaired) electrons. The predicted molar refractivity (Wildman–Crippen MR) is 149 cm³/mol. The molecule has 0 saturated heterocycles. The van der Waals surface area contributed by atoms with Crippen LogP contribution in [0.2, 0.25) is 0 Å². The van der Waals surface area contributed by atoms with Gasteiger partial charge in [0.05, 0.1) is 11.9 Å². The molecule has 1 aliphatic rings. The summed E-state index contributed by atoms with van der Waals surface area (Å²) in [7, 11) is -3.51. The summed E-state index contributed by atoms with van der Waals surface area (Å²) in [6, 6.07) is 14.8. The Bertz CT molecular complexity index is 1160. The summed E-state index contributed by atoms with van der Waals surface area (Å²) < 4.78 is 26.3. The van der Waals surface area contributed by atoms with Crippen LogP contribution in [0.4, 0.5) is 5.69 Å². The topological polar surface area (TPSA) is 86.8 Å². The van der Waals surface area contributed by atoms with Crippen LogP contribution in [-0.4, -0.2) is 50.0 Å². The van der Waals surface area contributed by atoms with Gasteiger partial charge in [-0.15, -0.1) is 0 Å². The van der Waals surface area contributed by atoms with Crippen LogP contribution in [0.5, 0.6) is 0 Å². The van der Waals surface area contributed by atoms with Crippen molar-refractivity contribution in [2.75, 3.05) is 17.1 Å². The second-order valence-electron chi connectivity index (χ2n) is 10.1. The fraction of sp³-hybridized carbons (Fsp3) is 0.517. The molecule has 0 aliphatic heterocycles. The molecule has 1 fully saturated rings. The molecule has 0 heterocycles. The molecule has 0 spiro atoms. The summed E-state index contributed by atoms with van der Waals surface area (Å²) in [6.07, 6.45) is 6.38. The zero-order valence-electron chi connectivity index (χ0n) is 22.6. The van der Waals surface area contributed by atoms with Crippen molar-refractivity contribution in [3.05, 3.63) is 65.2 Å². The van der Waals surface area contributed by atoms with Gasteiger partial charge >= 0.3 is 0 Å². The van der Waals surface area contributed by atoms with Crippen molar-refractivity contribution in [1.82, 2.24) is 10.2 Å². The van der Waals surface area contributed by atoms with Crippen LogP contribution in [0.15, 0.2) is 48.5 Å². The van der Waals surface area contributed by atoms with Gasteiger partial charge < -0.3 is 10.2 Å². The van der Waals surface area contributed by atoms with Crippen LogP contribution in [0.3, 0.4) is 0 Å². The summed E-state index contributed by atoms with van der Waals surface area (Å²) in [5.41, 5.74) is 3.69. The van der Waals surface area contributed by atoms with Crippen LogP contribution >= 0.6 is 0 Å². The standard InChI is InChI=1S/C29H41N3O4S/c1-5-27(29(34)30-25-13-8-9-14-25)31(21-24-12-7-6-11-23(24)3)28(33)15-10-20-32(37(4,35)36)26-18-16-22(2)17-19-26/h6-7,11-12,16-19,25,27H,5,8-10,13-15,20-21H2,1-4H3,(H,30,34)/t27-/m0/s1. The molecule has 1 atom stereocenters. The zero-order valence-corrected chi connectivity index (χ0v) is 23.4. The van der Waals surface area contributed by atoms with E-state index in [1.807, 2.05) is 57.2 Å². The molecule has 1 saturated carbocycles. The first-order valence-electron chi connectivity index (χ1n) is 13.3. The number of carbonyl (C=O) groups excluding carboxylic acids is 2. The van der Waals surface area contributed by atoms with Gasteiger partial charge in [-0.1, -0.05) is 61.7 Å². The van der Waals surface area contributed by atoms with Crippen molar-refractivity contribution in [2.45, 2.75) is 84.3 Å². The van der Waals surface area contributed by atoms with E-state index in [9.17, 15) is 18.0 Å². The van der Waals surface area contributed by atoms with Gasteiger partial charge in [0.15, 0.2) is 0 Å². The lowest BCUT2D eigenvalue weighted by atomic mass is 10.0. The summed E-state index contributed by atoms with van der Waals surface area (Å²) in [4.78, 5) is 28.6. The third kappa shape index (κ3) is 8.06. The minimum atomic E-state index is -3.51. The number of hydrogen-bond donors (Lipinski definition) is 1. The van der Waals surface area contributed by atoms with Gasteiger partial charge in [0.25, 0.3) is 0 Å². The molecule has 8 heteroatoms. The molecule has 1 aliphatic carbocycles. The highest BCUT2D eigenvalue weighted by Gasteiger charge is 2.31. The lowest BCUT2D eigenvalue weighted by Crippen LogP contribution is -2.51. The van der Waals surface area contributed by atoms with Crippen LogP contribution in [0.25, 0.3) is 0 Å². The number of nitrogens with one attached hydrogen (secondary N) is 1. The largest absolute Gasteiger partial charge is 0.352 e. The summed E-state index contributed by atoms with van der Waals surface area (Å²) >= 11 is 0. The third-order valence-electron chi connectivity index (χ3n) is 7.16. The van der Waals surface area contributed by atoms with E-state index in [1.54, 1.807) is 17.0 Å². The maximum absolute atomic E-state index is 13.6. The minimum absolute atomic E-state index is 0.103. The molecule has 3 rings (SSSR count). The fourth-order valence-corrected chi connectivity index (χ4v) is 5.94. The number of anilines is 1. The van der Waals surface area contributed by atoms with Gasteiger partial charge in [0.2, 0.25) is 21.8 Å². The van der Waals surface area contributed by atoms with Crippen molar-refractivity contribution >= 4 is 27.5 Å². The van der Waals surface area contributed by atoms with E-state index in [2.05, 4.69) is 5.32 Å². The number of sulfonamides is 1. The molecule has 2 aromatic carbocycles. The van der Waals surface area contributed by atoms with Crippen molar-refractivity contribution in [2.24, 2.45) is 0 Å². The maximum Gasteiger partial charge on any atom is 0.243 e. The highest BCUT2D eigenvalue weighted by atomic mass is 32.2. The molecule has 37 heavy (non-hydrogen) atoms. The molecule has 2 aromatic rings. The Kier molecular flexibility index (Phi) is 10.1. The number of carbonyl (C=O) groups is 2. The van der Waals surface area contributed by atoms with E-state index in [0.29, 0.717) is 25.1 Å². The number of hydrogen-bond acceptors (Lipinski definition) is 4. The molecule has 0 unspecified atom stereocenters. The number of nitrogens with zero attached hydrogens (tertiary/aromatic N) is 2. The first-order valence-corrected chi connectivity index (χ1v) is 15.1. The van der Waals surface area contributed by atoms with Crippen LogP contribution in [-0.2, 0) is 26.2 Å².